The van der Waals surface area contributed by atoms with Gasteiger partial charge in [-0.2, -0.15) is 0 Å². The summed E-state index contributed by atoms with van der Waals surface area (Å²) in [5.74, 6) is -0.342. The number of rotatable bonds is 6. The van der Waals surface area contributed by atoms with Crippen molar-refractivity contribution < 1.29 is 9.59 Å². The third kappa shape index (κ3) is 4.91. The number of hydrogen-bond acceptors (Lipinski definition) is 4. The second kappa shape index (κ2) is 10.1. The topological polar surface area (TPSA) is 62.3 Å². The lowest BCUT2D eigenvalue weighted by Crippen LogP contribution is -2.47. The van der Waals surface area contributed by atoms with Crippen LogP contribution < -0.4 is 10.2 Å². The van der Waals surface area contributed by atoms with E-state index in [0.29, 0.717) is 16.3 Å². The molecule has 32 heavy (non-hydrogen) atoms. The van der Waals surface area contributed by atoms with E-state index in [1.165, 1.54) is 17.8 Å². The van der Waals surface area contributed by atoms with Crippen LogP contribution in [0.4, 0.5) is 5.69 Å². The zero-order valence-electron chi connectivity index (χ0n) is 18.6. The van der Waals surface area contributed by atoms with Crippen LogP contribution in [0.2, 0.25) is 0 Å². The molecule has 0 aliphatic heterocycles. The van der Waals surface area contributed by atoms with Gasteiger partial charge in [0.1, 0.15) is 10.9 Å². The standard InChI is InChI=1S/C26H29N3O2S/c1-18-24(32-19(2)27-18)26(31)29(22-16-10-5-11-17-22)23(20-12-6-3-7-13-20)25(30)28-21-14-8-4-9-15-21/h3,5-7,10-13,16-17,21,23H,4,8-9,14-15H2,1-2H3,(H,28,30)/t23-/m1/s1. The number of thiazole rings is 1. The highest BCUT2D eigenvalue weighted by atomic mass is 32.1. The SMILES string of the molecule is Cc1nc(C)c(C(=O)N(c2ccccc2)[C@@H](C(=O)NC2CCCCC2)c2ccccc2)s1. The molecule has 0 bridgehead atoms. The fourth-order valence-electron chi connectivity index (χ4n) is 4.39. The van der Waals surface area contributed by atoms with Crippen LogP contribution in [0.25, 0.3) is 0 Å². The molecule has 0 unspecified atom stereocenters. The fraction of sp³-hybridized carbons (Fsp3) is 0.346. The Morgan fingerprint density at radius 2 is 1.59 bits per heavy atom. The number of aryl methyl sites for hydroxylation is 2. The van der Waals surface area contributed by atoms with E-state index in [0.717, 1.165) is 36.3 Å². The van der Waals surface area contributed by atoms with Crippen molar-refractivity contribution in [1.82, 2.24) is 10.3 Å². The normalized spacial score (nSPS) is 15.2. The first-order valence-corrected chi connectivity index (χ1v) is 12.0. The van der Waals surface area contributed by atoms with Gasteiger partial charge < -0.3 is 5.32 Å². The molecule has 1 heterocycles. The van der Waals surface area contributed by atoms with Crippen LogP contribution in [0.3, 0.4) is 0 Å². The molecule has 0 radical (unpaired) electrons. The van der Waals surface area contributed by atoms with Crippen molar-refractivity contribution in [2.75, 3.05) is 4.90 Å². The van der Waals surface area contributed by atoms with Crippen molar-refractivity contribution in [2.45, 2.75) is 58.0 Å². The second-order valence-corrected chi connectivity index (χ2v) is 9.52. The summed E-state index contributed by atoms with van der Waals surface area (Å²) in [6.07, 6.45) is 5.44. The molecule has 4 rings (SSSR count). The zero-order valence-corrected chi connectivity index (χ0v) is 19.4. The number of amides is 2. The molecule has 1 fully saturated rings. The maximum absolute atomic E-state index is 13.9. The predicted octanol–water partition coefficient (Wildman–Crippen LogP) is 5.60. The molecule has 2 aromatic carbocycles. The van der Waals surface area contributed by atoms with Crippen molar-refractivity contribution in [2.24, 2.45) is 0 Å². The van der Waals surface area contributed by atoms with Gasteiger partial charge >= 0.3 is 0 Å². The van der Waals surface area contributed by atoms with Gasteiger partial charge in [-0.15, -0.1) is 11.3 Å². The molecule has 1 aliphatic rings. The van der Waals surface area contributed by atoms with E-state index in [1.54, 1.807) is 4.90 Å². The van der Waals surface area contributed by atoms with Crippen molar-refractivity contribution >= 4 is 28.8 Å². The van der Waals surface area contributed by atoms with E-state index in [2.05, 4.69) is 10.3 Å². The minimum atomic E-state index is -0.769. The monoisotopic (exact) mass is 447 g/mol. The Morgan fingerprint density at radius 3 is 2.19 bits per heavy atom. The first kappa shape index (κ1) is 22.2. The lowest BCUT2D eigenvalue weighted by Gasteiger charge is -2.33. The Hall–Kier alpha value is -2.99. The van der Waals surface area contributed by atoms with Gasteiger partial charge in [0.15, 0.2) is 0 Å². The van der Waals surface area contributed by atoms with Gasteiger partial charge in [-0.05, 0) is 44.4 Å². The maximum Gasteiger partial charge on any atom is 0.271 e. The highest BCUT2D eigenvalue weighted by molar-refractivity contribution is 7.13. The molecule has 0 saturated heterocycles. The van der Waals surface area contributed by atoms with Crippen molar-refractivity contribution in [3.8, 4) is 0 Å². The molecule has 1 aromatic heterocycles. The second-order valence-electron chi connectivity index (χ2n) is 8.31. The molecule has 166 valence electrons. The number of anilines is 1. The number of aromatic nitrogens is 1. The number of carbonyl (C=O) groups is 2. The Balaban J connectivity index is 1.78. The number of carbonyl (C=O) groups excluding carboxylic acids is 2. The fourth-order valence-corrected chi connectivity index (χ4v) is 5.25. The molecule has 1 saturated carbocycles. The number of nitrogens with zero attached hydrogens (tertiary/aromatic N) is 2. The lowest BCUT2D eigenvalue weighted by atomic mass is 9.94. The molecule has 5 nitrogen and oxygen atoms in total. The van der Waals surface area contributed by atoms with E-state index < -0.39 is 6.04 Å². The number of para-hydroxylation sites is 1. The van der Waals surface area contributed by atoms with E-state index in [4.69, 9.17) is 0 Å². The Morgan fingerprint density at radius 1 is 0.969 bits per heavy atom. The maximum atomic E-state index is 13.9. The summed E-state index contributed by atoms with van der Waals surface area (Å²) >= 11 is 1.37. The number of hydrogen-bond donors (Lipinski definition) is 1. The molecule has 0 spiro atoms. The Labute approximate surface area is 193 Å². The zero-order chi connectivity index (χ0) is 22.5. The molecule has 1 N–H and O–H groups in total. The molecular formula is C26H29N3O2S. The first-order valence-electron chi connectivity index (χ1n) is 11.2. The highest BCUT2D eigenvalue weighted by Gasteiger charge is 2.35. The summed E-state index contributed by atoms with van der Waals surface area (Å²) in [5.41, 5.74) is 2.17. The van der Waals surface area contributed by atoms with Gasteiger partial charge in [-0.3, -0.25) is 14.5 Å². The van der Waals surface area contributed by atoms with E-state index in [1.807, 2.05) is 74.5 Å². The van der Waals surface area contributed by atoms with Gasteiger partial charge in [0.2, 0.25) is 5.91 Å². The van der Waals surface area contributed by atoms with Crippen LogP contribution in [0.1, 0.15) is 64.1 Å². The first-order chi connectivity index (χ1) is 15.5. The summed E-state index contributed by atoms with van der Waals surface area (Å²) in [7, 11) is 0. The van der Waals surface area contributed by atoms with E-state index in [-0.39, 0.29) is 17.9 Å². The quantitative estimate of drug-likeness (QED) is 0.535. The van der Waals surface area contributed by atoms with Crippen LogP contribution in [0, 0.1) is 13.8 Å². The van der Waals surface area contributed by atoms with Crippen molar-refractivity contribution in [3.63, 3.8) is 0 Å². The van der Waals surface area contributed by atoms with Crippen LogP contribution >= 0.6 is 11.3 Å². The van der Waals surface area contributed by atoms with E-state index in [9.17, 15) is 9.59 Å². The van der Waals surface area contributed by atoms with Crippen LogP contribution in [0.15, 0.2) is 60.7 Å². The molecule has 3 aromatic rings. The summed E-state index contributed by atoms with van der Waals surface area (Å²) in [6, 6.07) is 18.4. The molecule has 1 atom stereocenters. The van der Waals surface area contributed by atoms with Crippen LogP contribution in [0.5, 0.6) is 0 Å². The molecule has 1 aliphatic carbocycles. The van der Waals surface area contributed by atoms with Gasteiger partial charge in [0.05, 0.1) is 10.7 Å². The average molecular weight is 448 g/mol. The van der Waals surface area contributed by atoms with Gasteiger partial charge in [-0.25, -0.2) is 4.98 Å². The lowest BCUT2D eigenvalue weighted by molar-refractivity contribution is -0.123. The summed E-state index contributed by atoms with van der Waals surface area (Å²) in [5, 5.41) is 4.08. The average Bonchev–Trinajstić information content (AvgIpc) is 3.16. The highest BCUT2D eigenvalue weighted by Crippen LogP contribution is 2.32. The Bertz CT molecular complexity index is 1060. The number of benzene rings is 2. The third-order valence-electron chi connectivity index (χ3n) is 5.92. The largest absolute Gasteiger partial charge is 0.351 e. The summed E-state index contributed by atoms with van der Waals surface area (Å²) in [4.78, 5) is 34.3. The third-order valence-corrected chi connectivity index (χ3v) is 6.99. The minimum Gasteiger partial charge on any atom is -0.351 e. The number of nitrogens with one attached hydrogen (secondary N) is 1. The smallest absolute Gasteiger partial charge is 0.271 e. The van der Waals surface area contributed by atoms with Gasteiger partial charge in [0.25, 0.3) is 5.91 Å². The molecular weight excluding hydrogens is 418 g/mol. The van der Waals surface area contributed by atoms with Crippen LogP contribution in [-0.2, 0) is 4.79 Å². The van der Waals surface area contributed by atoms with Gasteiger partial charge in [-0.1, -0.05) is 67.8 Å². The van der Waals surface area contributed by atoms with Crippen molar-refractivity contribution in [1.29, 1.82) is 0 Å². The van der Waals surface area contributed by atoms with Crippen molar-refractivity contribution in [3.05, 3.63) is 81.8 Å². The molecule has 2 amide bonds. The van der Waals surface area contributed by atoms with Gasteiger partial charge in [0, 0.05) is 11.7 Å². The predicted molar refractivity (Wildman–Crippen MR) is 129 cm³/mol. The molecule has 6 heteroatoms. The summed E-state index contributed by atoms with van der Waals surface area (Å²) in [6.45, 7) is 3.74. The minimum absolute atomic E-state index is 0.140. The van der Waals surface area contributed by atoms with Crippen LogP contribution in [-0.4, -0.2) is 22.8 Å². The summed E-state index contributed by atoms with van der Waals surface area (Å²) < 4.78 is 0. The van der Waals surface area contributed by atoms with E-state index >= 15 is 0 Å². The Kier molecular flexibility index (Phi) is 7.00.